The summed E-state index contributed by atoms with van der Waals surface area (Å²) in [7, 11) is 0. The molecule has 0 saturated carbocycles. The van der Waals surface area contributed by atoms with E-state index in [4.69, 9.17) is 0 Å². The van der Waals surface area contributed by atoms with E-state index in [-0.39, 0.29) is 11.5 Å². The standard InChI is InChI=1S/C18H26FNO/c1-2-3-4-5-6-7-8-9-12-15-20-18(21)16-13-10-11-14-17(16)19/h2,10-11,13-14H,1,3-9,12,15H2,(H,20,21). The second-order valence-electron chi connectivity index (χ2n) is 5.29. The summed E-state index contributed by atoms with van der Waals surface area (Å²) in [5, 5.41) is 2.77. The van der Waals surface area contributed by atoms with Gasteiger partial charge in [0.1, 0.15) is 5.82 Å². The summed E-state index contributed by atoms with van der Waals surface area (Å²) in [5.41, 5.74) is 0.125. The van der Waals surface area contributed by atoms with Crippen molar-refractivity contribution in [1.29, 1.82) is 0 Å². The molecule has 1 aromatic rings. The maximum atomic E-state index is 13.4. The van der Waals surface area contributed by atoms with Crippen LogP contribution in [0.3, 0.4) is 0 Å². The zero-order valence-electron chi connectivity index (χ0n) is 12.7. The van der Waals surface area contributed by atoms with Crippen LogP contribution >= 0.6 is 0 Å². The van der Waals surface area contributed by atoms with E-state index < -0.39 is 5.82 Å². The van der Waals surface area contributed by atoms with Crippen molar-refractivity contribution in [3.05, 3.63) is 48.3 Å². The highest BCUT2D eigenvalue weighted by Crippen LogP contribution is 2.09. The number of carbonyl (C=O) groups excluding carboxylic acids is 1. The molecule has 0 aliphatic rings. The normalized spacial score (nSPS) is 10.3. The van der Waals surface area contributed by atoms with Crippen LogP contribution in [-0.4, -0.2) is 12.5 Å². The van der Waals surface area contributed by atoms with Crippen molar-refractivity contribution in [2.45, 2.75) is 51.4 Å². The lowest BCUT2D eigenvalue weighted by Gasteiger charge is -2.06. The molecule has 0 aliphatic heterocycles. The Labute approximate surface area is 127 Å². The topological polar surface area (TPSA) is 29.1 Å². The number of allylic oxidation sites excluding steroid dienone is 1. The number of halogens is 1. The molecule has 116 valence electrons. The second-order valence-corrected chi connectivity index (χ2v) is 5.29. The maximum absolute atomic E-state index is 13.4. The van der Waals surface area contributed by atoms with Crippen LogP contribution in [0, 0.1) is 5.82 Å². The van der Waals surface area contributed by atoms with Crippen molar-refractivity contribution in [3.8, 4) is 0 Å². The SMILES string of the molecule is C=CCCCCCCCCCNC(=O)c1ccccc1F. The fraction of sp³-hybridized carbons (Fsp3) is 0.500. The summed E-state index contributed by atoms with van der Waals surface area (Å²) < 4.78 is 13.4. The van der Waals surface area contributed by atoms with Crippen molar-refractivity contribution < 1.29 is 9.18 Å². The molecule has 1 rings (SSSR count). The van der Waals surface area contributed by atoms with E-state index in [0.29, 0.717) is 6.54 Å². The van der Waals surface area contributed by atoms with Crippen molar-refractivity contribution in [2.75, 3.05) is 6.54 Å². The van der Waals surface area contributed by atoms with Crippen LogP contribution in [0.15, 0.2) is 36.9 Å². The molecular weight excluding hydrogens is 265 g/mol. The predicted molar refractivity (Wildman–Crippen MR) is 85.9 cm³/mol. The van der Waals surface area contributed by atoms with Gasteiger partial charge in [-0.15, -0.1) is 6.58 Å². The summed E-state index contributed by atoms with van der Waals surface area (Å²) in [4.78, 5) is 11.7. The van der Waals surface area contributed by atoms with Gasteiger partial charge in [-0.1, -0.05) is 50.3 Å². The molecule has 0 heterocycles. The molecule has 2 nitrogen and oxygen atoms in total. The van der Waals surface area contributed by atoms with Crippen LogP contribution < -0.4 is 5.32 Å². The molecule has 0 saturated heterocycles. The summed E-state index contributed by atoms with van der Waals surface area (Å²) in [5.74, 6) is -0.785. The summed E-state index contributed by atoms with van der Waals surface area (Å²) in [6.45, 7) is 4.33. The largest absolute Gasteiger partial charge is 0.352 e. The van der Waals surface area contributed by atoms with Gasteiger partial charge in [-0.25, -0.2) is 4.39 Å². The third kappa shape index (κ3) is 7.64. The van der Waals surface area contributed by atoms with Crippen molar-refractivity contribution in [2.24, 2.45) is 0 Å². The van der Waals surface area contributed by atoms with Gasteiger partial charge in [-0.05, 0) is 31.4 Å². The first-order valence-corrected chi connectivity index (χ1v) is 7.89. The highest BCUT2D eigenvalue weighted by atomic mass is 19.1. The lowest BCUT2D eigenvalue weighted by atomic mass is 10.1. The molecular formula is C18H26FNO. The molecule has 1 N–H and O–H groups in total. The third-order valence-electron chi connectivity index (χ3n) is 3.49. The number of amides is 1. The van der Waals surface area contributed by atoms with Gasteiger partial charge in [0, 0.05) is 6.54 Å². The van der Waals surface area contributed by atoms with Crippen molar-refractivity contribution in [3.63, 3.8) is 0 Å². The Morgan fingerprint density at radius 1 is 1.05 bits per heavy atom. The lowest BCUT2D eigenvalue weighted by molar-refractivity contribution is 0.0949. The first-order chi connectivity index (χ1) is 10.3. The quantitative estimate of drug-likeness (QED) is 0.458. The van der Waals surface area contributed by atoms with Crippen LogP contribution in [0.5, 0.6) is 0 Å². The molecule has 0 unspecified atom stereocenters. The average Bonchev–Trinajstić information content (AvgIpc) is 2.49. The van der Waals surface area contributed by atoms with Crippen LogP contribution in [0.25, 0.3) is 0 Å². The second kappa shape index (κ2) is 11.1. The van der Waals surface area contributed by atoms with E-state index in [1.807, 2.05) is 6.08 Å². The minimum atomic E-state index is -0.463. The number of nitrogens with one attached hydrogen (secondary N) is 1. The summed E-state index contributed by atoms with van der Waals surface area (Å²) >= 11 is 0. The monoisotopic (exact) mass is 291 g/mol. The van der Waals surface area contributed by atoms with E-state index in [1.165, 1.54) is 44.2 Å². The Kier molecular flexibility index (Phi) is 9.18. The molecule has 0 aromatic heterocycles. The zero-order valence-corrected chi connectivity index (χ0v) is 12.7. The minimum Gasteiger partial charge on any atom is -0.352 e. The van der Waals surface area contributed by atoms with Gasteiger partial charge < -0.3 is 5.32 Å². The van der Waals surface area contributed by atoms with E-state index in [1.54, 1.807) is 12.1 Å². The Bertz CT molecular complexity index is 431. The van der Waals surface area contributed by atoms with E-state index in [2.05, 4.69) is 11.9 Å². The number of unbranched alkanes of at least 4 members (excludes halogenated alkanes) is 7. The molecule has 21 heavy (non-hydrogen) atoms. The molecule has 0 radical (unpaired) electrons. The summed E-state index contributed by atoms with van der Waals surface area (Å²) in [6.07, 6.45) is 11.4. The average molecular weight is 291 g/mol. The van der Waals surface area contributed by atoms with Gasteiger partial charge in [0.15, 0.2) is 0 Å². The van der Waals surface area contributed by atoms with E-state index in [0.717, 1.165) is 19.3 Å². The number of benzene rings is 1. The Hall–Kier alpha value is -1.64. The van der Waals surface area contributed by atoms with Crippen LogP contribution in [0.2, 0.25) is 0 Å². The number of carbonyl (C=O) groups is 1. The molecule has 0 atom stereocenters. The van der Waals surface area contributed by atoms with Gasteiger partial charge in [-0.3, -0.25) is 4.79 Å². The molecule has 1 aromatic carbocycles. The van der Waals surface area contributed by atoms with Gasteiger partial charge in [0.2, 0.25) is 0 Å². The highest BCUT2D eigenvalue weighted by molar-refractivity contribution is 5.94. The number of rotatable bonds is 11. The molecule has 1 amide bonds. The smallest absolute Gasteiger partial charge is 0.254 e. The summed E-state index contributed by atoms with van der Waals surface area (Å²) in [6, 6.07) is 6.07. The maximum Gasteiger partial charge on any atom is 0.254 e. The Morgan fingerprint density at radius 3 is 2.33 bits per heavy atom. The van der Waals surface area contributed by atoms with Gasteiger partial charge in [0.25, 0.3) is 5.91 Å². The first kappa shape index (κ1) is 17.4. The molecule has 0 aliphatic carbocycles. The first-order valence-electron chi connectivity index (χ1n) is 7.89. The van der Waals surface area contributed by atoms with Crippen LogP contribution in [0.4, 0.5) is 4.39 Å². The van der Waals surface area contributed by atoms with Crippen LogP contribution in [0.1, 0.15) is 61.7 Å². The molecule has 3 heteroatoms. The molecule has 0 spiro atoms. The third-order valence-corrected chi connectivity index (χ3v) is 3.49. The fourth-order valence-electron chi connectivity index (χ4n) is 2.24. The van der Waals surface area contributed by atoms with Crippen LogP contribution in [-0.2, 0) is 0 Å². The molecule has 0 bridgehead atoms. The number of hydrogen-bond donors (Lipinski definition) is 1. The van der Waals surface area contributed by atoms with Gasteiger partial charge in [0.05, 0.1) is 5.56 Å². The zero-order chi connectivity index (χ0) is 15.3. The van der Waals surface area contributed by atoms with Gasteiger partial charge in [-0.2, -0.15) is 0 Å². The van der Waals surface area contributed by atoms with E-state index in [9.17, 15) is 9.18 Å². The minimum absolute atomic E-state index is 0.125. The van der Waals surface area contributed by atoms with E-state index >= 15 is 0 Å². The van der Waals surface area contributed by atoms with Gasteiger partial charge >= 0.3 is 0 Å². The Morgan fingerprint density at radius 2 is 1.67 bits per heavy atom. The fourth-order valence-corrected chi connectivity index (χ4v) is 2.24. The van der Waals surface area contributed by atoms with Crippen molar-refractivity contribution >= 4 is 5.91 Å². The van der Waals surface area contributed by atoms with Crippen molar-refractivity contribution in [1.82, 2.24) is 5.32 Å². The number of hydrogen-bond acceptors (Lipinski definition) is 1. The lowest BCUT2D eigenvalue weighted by Crippen LogP contribution is -2.25. The molecule has 0 fully saturated rings. The predicted octanol–water partition coefficient (Wildman–Crippen LogP) is 4.86. The highest BCUT2D eigenvalue weighted by Gasteiger charge is 2.09. The Balaban J connectivity index is 2.01.